The molecule has 1 aliphatic heterocycles. The minimum atomic E-state index is -0.733. The lowest BCUT2D eigenvalue weighted by Gasteiger charge is -2.38. The van der Waals surface area contributed by atoms with Crippen LogP contribution < -0.4 is 0 Å². The first-order chi connectivity index (χ1) is 12.6. The Bertz CT molecular complexity index is 936. The number of aliphatic carboxylic acids is 1. The Morgan fingerprint density at radius 3 is 2.81 bits per heavy atom. The Balaban J connectivity index is 1.83. The molecule has 2 aromatic heterocycles. The minimum Gasteiger partial charge on any atom is -0.480 e. The molecule has 26 heavy (non-hydrogen) atoms. The topological polar surface area (TPSA) is 53.4 Å². The molecular weight excluding hydrogens is 344 g/mol. The van der Waals surface area contributed by atoms with Crippen LogP contribution in [0.2, 0.25) is 0 Å². The fraction of sp³-hybridized carbons (Fsp3) is 0.333. The number of fused-ring (bicyclic) bond motifs is 1. The van der Waals surface area contributed by atoms with Crippen molar-refractivity contribution in [3.05, 3.63) is 64.0 Å². The molecule has 5 heteroatoms. The molecule has 134 valence electrons. The largest absolute Gasteiger partial charge is 0.480 e. The van der Waals surface area contributed by atoms with Crippen molar-refractivity contribution >= 4 is 28.2 Å². The van der Waals surface area contributed by atoms with E-state index in [-0.39, 0.29) is 6.04 Å². The number of benzene rings is 1. The van der Waals surface area contributed by atoms with Gasteiger partial charge >= 0.3 is 5.97 Å². The molecule has 2 unspecified atom stereocenters. The number of carboxylic acids is 1. The smallest absolute Gasteiger partial charge is 0.320 e. The highest BCUT2D eigenvalue weighted by Gasteiger charge is 2.36. The molecule has 1 N–H and O–H groups in total. The number of hydrogen-bond acceptors (Lipinski definition) is 4. The summed E-state index contributed by atoms with van der Waals surface area (Å²) in [7, 11) is 0. The standard InChI is InChI=1S/C21H22N2O2S/c1-14-9-12-19(26-14)20(23-13-5-4-8-18(23)21(24)25)17-11-10-15-6-2-3-7-16(15)22-17/h2-3,6-7,9-12,18,20H,4-5,8,13H2,1H3,(H,24,25). The molecule has 0 aliphatic carbocycles. The third-order valence-corrected chi connectivity index (χ3v) is 6.14. The van der Waals surface area contributed by atoms with Crippen molar-refractivity contribution in [3.8, 4) is 0 Å². The van der Waals surface area contributed by atoms with Crippen LogP contribution in [0.4, 0.5) is 0 Å². The first kappa shape index (κ1) is 17.2. The maximum atomic E-state index is 11.9. The first-order valence-electron chi connectivity index (χ1n) is 9.04. The van der Waals surface area contributed by atoms with Crippen molar-refractivity contribution in [1.29, 1.82) is 0 Å². The highest BCUT2D eigenvalue weighted by molar-refractivity contribution is 7.12. The van der Waals surface area contributed by atoms with E-state index in [1.54, 1.807) is 11.3 Å². The lowest BCUT2D eigenvalue weighted by atomic mass is 9.97. The summed E-state index contributed by atoms with van der Waals surface area (Å²) in [5.74, 6) is -0.733. The maximum Gasteiger partial charge on any atom is 0.320 e. The van der Waals surface area contributed by atoms with Crippen molar-refractivity contribution < 1.29 is 9.90 Å². The van der Waals surface area contributed by atoms with Gasteiger partial charge in [0.25, 0.3) is 0 Å². The van der Waals surface area contributed by atoms with Crippen molar-refractivity contribution in [3.63, 3.8) is 0 Å². The second kappa shape index (κ2) is 7.17. The van der Waals surface area contributed by atoms with E-state index in [0.717, 1.165) is 36.0 Å². The van der Waals surface area contributed by atoms with E-state index >= 15 is 0 Å². The molecule has 3 heterocycles. The fourth-order valence-corrected chi connectivity index (χ4v) is 4.85. The SMILES string of the molecule is Cc1ccc(C(c2ccc3ccccc3n2)N2CCCCC2C(=O)O)s1. The summed E-state index contributed by atoms with van der Waals surface area (Å²) in [5, 5.41) is 10.9. The van der Waals surface area contributed by atoms with Crippen LogP contribution in [-0.2, 0) is 4.79 Å². The van der Waals surface area contributed by atoms with Crippen molar-refractivity contribution in [2.75, 3.05) is 6.54 Å². The molecule has 4 rings (SSSR count). The highest BCUT2D eigenvalue weighted by atomic mass is 32.1. The Kier molecular flexibility index (Phi) is 4.74. The van der Waals surface area contributed by atoms with Gasteiger partial charge in [-0.2, -0.15) is 0 Å². The Morgan fingerprint density at radius 1 is 1.19 bits per heavy atom. The molecule has 0 spiro atoms. The summed E-state index contributed by atoms with van der Waals surface area (Å²) < 4.78 is 0. The number of aryl methyl sites for hydroxylation is 1. The second-order valence-corrected chi connectivity index (χ2v) is 8.19. The molecule has 1 fully saturated rings. The molecule has 1 saturated heterocycles. The van der Waals surface area contributed by atoms with Gasteiger partial charge in [-0.15, -0.1) is 11.3 Å². The lowest BCUT2D eigenvalue weighted by Crippen LogP contribution is -2.46. The summed E-state index contributed by atoms with van der Waals surface area (Å²) in [4.78, 5) is 21.3. The molecular formula is C21H22N2O2S. The Labute approximate surface area is 157 Å². The van der Waals surface area contributed by atoms with E-state index in [0.29, 0.717) is 6.42 Å². The lowest BCUT2D eigenvalue weighted by molar-refractivity contribution is -0.145. The van der Waals surface area contributed by atoms with E-state index in [2.05, 4.69) is 42.2 Å². The molecule has 0 radical (unpaired) electrons. The van der Waals surface area contributed by atoms with Gasteiger partial charge in [0, 0.05) is 21.7 Å². The minimum absolute atomic E-state index is 0.111. The summed E-state index contributed by atoms with van der Waals surface area (Å²) >= 11 is 1.73. The van der Waals surface area contributed by atoms with Crippen molar-refractivity contribution in [1.82, 2.24) is 9.88 Å². The molecule has 1 aliphatic rings. The molecule has 4 nitrogen and oxygen atoms in total. The molecule has 1 aromatic carbocycles. The van der Waals surface area contributed by atoms with Gasteiger partial charge in [-0.1, -0.05) is 30.7 Å². The number of likely N-dealkylation sites (tertiary alicyclic amines) is 1. The van der Waals surface area contributed by atoms with Crippen LogP contribution in [0.1, 0.15) is 40.8 Å². The number of hydrogen-bond donors (Lipinski definition) is 1. The van der Waals surface area contributed by atoms with Crippen LogP contribution in [-0.4, -0.2) is 33.5 Å². The van der Waals surface area contributed by atoms with Gasteiger partial charge in [0.2, 0.25) is 0 Å². The number of para-hydroxylation sites is 1. The molecule has 2 atom stereocenters. The summed E-state index contributed by atoms with van der Waals surface area (Å²) in [6.07, 6.45) is 2.69. The zero-order valence-corrected chi connectivity index (χ0v) is 15.6. The van der Waals surface area contributed by atoms with E-state index < -0.39 is 12.0 Å². The third-order valence-electron chi connectivity index (χ3n) is 5.09. The number of rotatable bonds is 4. The van der Waals surface area contributed by atoms with Crippen LogP contribution >= 0.6 is 11.3 Å². The maximum absolute atomic E-state index is 11.9. The van der Waals surface area contributed by atoms with E-state index in [4.69, 9.17) is 4.98 Å². The van der Waals surface area contributed by atoms with Crippen LogP contribution in [0, 0.1) is 6.92 Å². The number of thiophene rings is 1. The van der Waals surface area contributed by atoms with Gasteiger partial charge in [-0.3, -0.25) is 14.7 Å². The van der Waals surface area contributed by atoms with Crippen molar-refractivity contribution in [2.45, 2.75) is 38.3 Å². The van der Waals surface area contributed by atoms with Crippen LogP contribution in [0.15, 0.2) is 48.5 Å². The van der Waals surface area contributed by atoms with Crippen LogP contribution in [0.3, 0.4) is 0 Å². The monoisotopic (exact) mass is 366 g/mol. The first-order valence-corrected chi connectivity index (χ1v) is 9.86. The molecule has 0 bridgehead atoms. The number of piperidine rings is 1. The van der Waals surface area contributed by atoms with Gasteiger partial charge in [-0.25, -0.2) is 0 Å². The number of aromatic nitrogens is 1. The highest BCUT2D eigenvalue weighted by Crippen LogP contribution is 2.37. The fourth-order valence-electron chi connectivity index (χ4n) is 3.84. The molecule has 0 saturated carbocycles. The quantitative estimate of drug-likeness (QED) is 0.731. The van der Waals surface area contributed by atoms with Crippen LogP contribution in [0.5, 0.6) is 0 Å². The van der Waals surface area contributed by atoms with Gasteiger partial charge in [-0.05, 0) is 44.0 Å². The predicted octanol–water partition coefficient (Wildman–Crippen LogP) is 4.63. The Morgan fingerprint density at radius 2 is 2.04 bits per heavy atom. The zero-order chi connectivity index (χ0) is 18.1. The summed E-state index contributed by atoms with van der Waals surface area (Å²) in [5.41, 5.74) is 1.88. The average molecular weight is 366 g/mol. The second-order valence-electron chi connectivity index (χ2n) is 6.87. The number of carboxylic acid groups (broad SMARTS) is 1. The normalized spacial score (nSPS) is 19.5. The van der Waals surface area contributed by atoms with E-state index in [1.165, 1.54) is 9.75 Å². The summed E-state index contributed by atoms with van der Waals surface area (Å²) in [6, 6.07) is 15.9. The molecule has 0 amide bonds. The van der Waals surface area contributed by atoms with E-state index in [1.807, 2.05) is 18.2 Å². The number of carbonyl (C=O) groups is 1. The predicted molar refractivity (Wildman–Crippen MR) is 105 cm³/mol. The van der Waals surface area contributed by atoms with Crippen molar-refractivity contribution in [2.24, 2.45) is 0 Å². The number of pyridine rings is 1. The zero-order valence-electron chi connectivity index (χ0n) is 14.8. The van der Waals surface area contributed by atoms with Crippen LogP contribution in [0.25, 0.3) is 10.9 Å². The van der Waals surface area contributed by atoms with Gasteiger partial charge in [0.1, 0.15) is 6.04 Å². The van der Waals surface area contributed by atoms with E-state index in [9.17, 15) is 9.90 Å². The summed E-state index contributed by atoms with van der Waals surface area (Å²) in [6.45, 7) is 2.87. The number of nitrogens with zero attached hydrogens (tertiary/aromatic N) is 2. The third kappa shape index (κ3) is 3.24. The Hall–Kier alpha value is -2.24. The molecule has 3 aromatic rings. The average Bonchev–Trinajstić information content (AvgIpc) is 3.08. The van der Waals surface area contributed by atoms with Gasteiger partial charge in [0.15, 0.2) is 0 Å². The van der Waals surface area contributed by atoms with Gasteiger partial charge in [0.05, 0.1) is 17.3 Å². The van der Waals surface area contributed by atoms with Gasteiger partial charge < -0.3 is 5.11 Å².